The summed E-state index contributed by atoms with van der Waals surface area (Å²) in [4.78, 5) is 2.79. The Morgan fingerprint density at radius 3 is 2.83 bits per heavy atom. The first kappa shape index (κ1) is 15.6. The SMILES string of the molecule is Oc1[nH]c2ccc(Br)cc2c1N=NC(=S)Nc1ccccc1F. The van der Waals surface area contributed by atoms with E-state index < -0.39 is 5.82 Å². The molecule has 23 heavy (non-hydrogen) atoms. The Bertz CT molecular complexity index is 925. The van der Waals surface area contributed by atoms with E-state index in [1.807, 2.05) is 6.07 Å². The molecule has 0 unspecified atom stereocenters. The number of rotatable bonds is 2. The lowest BCUT2D eigenvalue weighted by molar-refractivity contribution is 0.459. The molecule has 0 saturated heterocycles. The van der Waals surface area contributed by atoms with Gasteiger partial charge in [0.1, 0.15) is 5.82 Å². The molecule has 3 rings (SSSR count). The van der Waals surface area contributed by atoms with Crippen LogP contribution in [-0.4, -0.2) is 15.2 Å². The number of para-hydroxylation sites is 1. The standard InChI is InChI=1S/C15H10BrFN4OS/c16-8-5-6-11-9(7-8)13(14(22)18-11)20-21-15(23)19-12-4-2-1-3-10(12)17/h1-7,18,22H,(H,19,23). The molecular weight excluding hydrogens is 383 g/mol. The first-order valence-electron chi connectivity index (χ1n) is 6.52. The molecule has 5 nitrogen and oxygen atoms in total. The van der Waals surface area contributed by atoms with Crippen LogP contribution in [0.2, 0.25) is 0 Å². The highest BCUT2D eigenvalue weighted by Crippen LogP contribution is 2.36. The zero-order valence-electron chi connectivity index (χ0n) is 11.5. The maximum atomic E-state index is 13.5. The topological polar surface area (TPSA) is 72.8 Å². The van der Waals surface area contributed by atoms with Crippen LogP contribution in [0.5, 0.6) is 5.88 Å². The average Bonchev–Trinajstić information content (AvgIpc) is 2.82. The normalized spacial score (nSPS) is 11.2. The van der Waals surface area contributed by atoms with Gasteiger partial charge in [-0.3, -0.25) is 0 Å². The molecule has 8 heteroatoms. The zero-order chi connectivity index (χ0) is 16.4. The van der Waals surface area contributed by atoms with Crippen molar-refractivity contribution in [2.75, 3.05) is 5.32 Å². The fourth-order valence-electron chi connectivity index (χ4n) is 2.04. The number of halogens is 2. The quantitative estimate of drug-likeness (QED) is 0.411. The number of nitrogens with zero attached hydrogens (tertiary/aromatic N) is 2. The number of nitrogens with one attached hydrogen (secondary N) is 2. The van der Waals surface area contributed by atoms with Crippen LogP contribution in [0.4, 0.5) is 15.8 Å². The van der Waals surface area contributed by atoms with Gasteiger partial charge >= 0.3 is 0 Å². The van der Waals surface area contributed by atoms with Crippen molar-refractivity contribution in [3.63, 3.8) is 0 Å². The van der Waals surface area contributed by atoms with Gasteiger partial charge in [-0.1, -0.05) is 28.1 Å². The highest BCUT2D eigenvalue weighted by molar-refractivity contribution is 9.10. The molecule has 1 heterocycles. The van der Waals surface area contributed by atoms with Crippen LogP contribution in [0, 0.1) is 5.82 Å². The number of aromatic amines is 1. The molecule has 0 aliphatic carbocycles. The Balaban J connectivity index is 1.85. The third-order valence-corrected chi connectivity index (χ3v) is 3.75. The molecule has 3 N–H and O–H groups in total. The van der Waals surface area contributed by atoms with Crippen molar-refractivity contribution in [2.45, 2.75) is 0 Å². The lowest BCUT2D eigenvalue weighted by atomic mass is 10.2. The molecule has 116 valence electrons. The van der Waals surface area contributed by atoms with Crippen LogP contribution in [-0.2, 0) is 0 Å². The number of H-pyrrole nitrogens is 1. The molecule has 3 aromatic rings. The minimum Gasteiger partial charge on any atom is -0.493 e. The minimum atomic E-state index is -0.441. The molecule has 1 aromatic heterocycles. The molecule has 0 atom stereocenters. The number of aromatic hydroxyl groups is 1. The average molecular weight is 393 g/mol. The van der Waals surface area contributed by atoms with Crippen LogP contribution in [0.3, 0.4) is 0 Å². The third kappa shape index (κ3) is 3.38. The van der Waals surface area contributed by atoms with Gasteiger partial charge in [0, 0.05) is 9.86 Å². The Morgan fingerprint density at radius 2 is 2.04 bits per heavy atom. The van der Waals surface area contributed by atoms with Crippen LogP contribution in [0.25, 0.3) is 10.9 Å². The molecule has 0 amide bonds. The smallest absolute Gasteiger partial charge is 0.218 e. The first-order chi connectivity index (χ1) is 11.0. The van der Waals surface area contributed by atoms with E-state index in [9.17, 15) is 9.50 Å². The van der Waals surface area contributed by atoms with E-state index >= 15 is 0 Å². The van der Waals surface area contributed by atoms with E-state index in [2.05, 4.69) is 36.5 Å². The fourth-order valence-corrected chi connectivity index (χ4v) is 2.55. The predicted octanol–water partition coefficient (Wildman–Crippen LogP) is 5.26. The summed E-state index contributed by atoms with van der Waals surface area (Å²) in [6, 6.07) is 11.5. The van der Waals surface area contributed by atoms with Gasteiger partial charge in [-0.25, -0.2) is 4.39 Å². The van der Waals surface area contributed by atoms with E-state index in [-0.39, 0.29) is 22.4 Å². The monoisotopic (exact) mass is 392 g/mol. The lowest BCUT2D eigenvalue weighted by Gasteiger charge is -2.03. The second-order valence-electron chi connectivity index (χ2n) is 4.62. The van der Waals surface area contributed by atoms with Crippen molar-refractivity contribution in [1.29, 1.82) is 0 Å². The van der Waals surface area contributed by atoms with Gasteiger partial charge in [0.15, 0.2) is 5.69 Å². The highest BCUT2D eigenvalue weighted by atomic mass is 79.9. The summed E-state index contributed by atoms with van der Waals surface area (Å²) < 4.78 is 14.4. The van der Waals surface area contributed by atoms with Crippen molar-refractivity contribution >= 4 is 55.5 Å². The van der Waals surface area contributed by atoms with Crippen LogP contribution < -0.4 is 5.32 Å². The lowest BCUT2D eigenvalue weighted by Crippen LogP contribution is -2.06. The van der Waals surface area contributed by atoms with Gasteiger partial charge in [-0.05, 0) is 42.5 Å². The van der Waals surface area contributed by atoms with Gasteiger partial charge < -0.3 is 15.4 Å². The summed E-state index contributed by atoms with van der Waals surface area (Å²) >= 11 is 8.38. The minimum absolute atomic E-state index is 0.0150. The van der Waals surface area contributed by atoms with Crippen molar-refractivity contribution < 1.29 is 9.50 Å². The number of hydrogen-bond acceptors (Lipinski definition) is 3. The van der Waals surface area contributed by atoms with Crippen LogP contribution in [0.1, 0.15) is 0 Å². The van der Waals surface area contributed by atoms with Gasteiger partial charge in [-0.15, -0.1) is 10.2 Å². The second-order valence-corrected chi connectivity index (χ2v) is 5.92. The van der Waals surface area contributed by atoms with Crippen molar-refractivity contribution in [1.82, 2.24) is 4.98 Å². The van der Waals surface area contributed by atoms with E-state index in [1.165, 1.54) is 12.1 Å². The summed E-state index contributed by atoms with van der Waals surface area (Å²) in [7, 11) is 0. The molecule has 0 spiro atoms. The van der Waals surface area contributed by atoms with Gasteiger partial charge in [-0.2, -0.15) is 0 Å². The molecule has 0 aliphatic rings. The predicted molar refractivity (Wildman–Crippen MR) is 94.8 cm³/mol. The summed E-state index contributed by atoms with van der Waals surface area (Å²) in [6.45, 7) is 0. The Labute approximate surface area is 144 Å². The van der Waals surface area contributed by atoms with E-state index in [0.717, 1.165) is 4.47 Å². The molecule has 0 bridgehead atoms. The van der Waals surface area contributed by atoms with Gasteiger partial charge in [0.05, 0.1) is 11.2 Å². The van der Waals surface area contributed by atoms with Crippen LogP contribution in [0.15, 0.2) is 57.2 Å². The van der Waals surface area contributed by atoms with Crippen LogP contribution >= 0.6 is 28.1 Å². The highest BCUT2D eigenvalue weighted by Gasteiger charge is 2.11. The largest absolute Gasteiger partial charge is 0.493 e. The summed E-state index contributed by atoms with van der Waals surface area (Å²) in [5.74, 6) is -0.556. The Kier molecular flexibility index (Phi) is 4.35. The number of thiocarbonyl (C=S) groups is 1. The van der Waals surface area contributed by atoms with E-state index in [1.54, 1.807) is 24.3 Å². The summed E-state index contributed by atoms with van der Waals surface area (Å²) in [5, 5.41) is 21.0. The molecule has 0 saturated carbocycles. The van der Waals surface area contributed by atoms with Crippen molar-refractivity contribution in [3.8, 4) is 5.88 Å². The van der Waals surface area contributed by atoms with E-state index in [0.29, 0.717) is 10.9 Å². The molecular formula is C15H10BrFN4OS. The number of hydrogen-bond donors (Lipinski definition) is 3. The number of benzene rings is 2. The molecule has 0 radical (unpaired) electrons. The third-order valence-electron chi connectivity index (χ3n) is 3.07. The maximum Gasteiger partial charge on any atom is 0.218 e. The molecule has 0 fully saturated rings. The summed E-state index contributed by atoms with van der Waals surface area (Å²) in [5.41, 5.74) is 1.19. The number of azo groups is 1. The maximum absolute atomic E-state index is 13.5. The number of aromatic nitrogens is 1. The Hall–Kier alpha value is -2.32. The zero-order valence-corrected chi connectivity index (χ0v) is 13.9. The van der Waals surface area contributed by atoms with Crippen molar-refractivity contribution in [2.24, 2.45) is 10.2 Å². The second kappa shape index (κ2) is 6.43. The van der Waals surface area contributed by atoms with Crippen molar-refractivity contribution in [3.05, 3.63) is 52.8 Å². The van der Waals surface area contributed by atoms with E-state index in [4.69, 9.17) is 12.2 Å². The Morgan fingerprint density at radius 1 is 1.26 bits per heavy atom. The number of fused-ring (bicyclic) bond motifs is 1. The fraction of sp³-hybridized carbons (Fsp3) is 0. The summed E-state index contributed by atoms with van der Waals surface area (Å²) in [6.07, 6.45) is 0. The molecule has 0 aliphatic heterocycles. The first-order valence-corrected chi connectivity index (χ1v) is 7.72. The van der Waals surface area contributed by atoms with Gasteiger partial charge in [0.25, 0.3) is 0 Å². The van der Waals surface area contributed by atoms with Gasteiger partial charge in [0.2, 0.25) is 11.0 Å². The molecule has 2 aromatic carbocycles. The number of anilines is 1.